The molecule has 29 heavy (non-hydrogen) atoms. The van der Waals surface area contributed by atoms with Gasteiger partial charge in [0.05, 0.1) is 11.0 Å². The monoisotopic (exact) mass is 385 g/mol. The number of nitrogens with zero attached hydrogens (tertiary/aromatic N) is 1. The first-order valence-corrected chi connectivity index (χ1v) is 9.72. The van der Waals surface area contributed by atoms with Crippen LogP contribution < -0.4 is 10.1 Å². The SMILES string of the molecule is O=C(COc1ccc(Cc2ccccc2)cc1)NCCc1nc2ccccc2[nH]1. The van der Waals surface area contributed by atoms with Gasteiger partial charge in [-0.25, -0.2) is 4.98 Å². The van der Waals surface area contributed by atoms with Gasteiger partial charge >= 0.3 is 0 Å². The van der Waals surface area contributed by atoms with Gasteiger partial charge in [-0.1, -0.05) is 54.6 Å². The molecule has 0 atom stereocenters. The fraction of sp³-hybridized carbons (Fsp3) is 0.167. The molecule has 0 spiro atoms. The van der Waals surface area contributed by atoms with Crippen LogP contribution in [0, 0.1) is 0 Å². The Hall–Kier alpha value is -3.60. The standard InChI is InChI=1S/C24H23N3O2/c28-24(25-15-14-23-26-21-8-4-5-9-22(21)27-23)17-29-20-12-10-19(11-13-20)16-18-6-2-1-3-7-18/h1-13H,14-17H2,(H,25,28)(H,26,27). The normalized spacial score (nSPS) is 10.8. The Kier molecular flexibility index (Phi) is 5.86. The van der Waals surface area contributed by atoms with Gasteiger partial charge < -0.3 is 15.0 Å². The molecular formula is C24H23N3O2. The first-order chi connectivity index (χ1) is 14.3. The van der Waals surface area contributed by atoms with Gasteiger partial charge in [-0.3, -0.25) is 4.79 Å². The van der Waals surface area contributed by atoms with Crippen molar-refractivity contribution in [3.8, 4) is 5.75 Å². The summed E-state index contributed by atoms with van der Waals surface area (Å²) in [7, 11) is 0. The summed E-state index contributed by atoms with van der Waals surface area (Å²) in [6, 6.07) is 26.1. The maximum absolute atomic E-state index is 12.0. The van der Waals surface area contributed by atoms with E-state index in [0.29, 0.717) is 18.7 Å². The molecule has 0 radical (unpaired) electrons. The minimum Gasteiger partial charge on any atom is -0.484 e. The van der Waals surface area contributed by atoms with Crippen LogP contribution in [0.5, 0.6) is 5.75 Å². The molecule has 0 unspecified atom stereocenters. The van der Waals surface area contributed by atoms with Crippen LogP contribution in [0.15, 0.2) is 78.9 Å². The third-order valence-corrected chi connectivity index (χ3v) is 4.67. The molecule has 4 aromatic rings. The van der Waals surface area contributed by atoms with E-state index in [9.17, 15) is 4.79 Å². The Bertz CT molecular complexity index is 1040. The van der Waals surface area contributed by atoms with Crippen LogP contribution in [0.4, 0.5) is 0 Å². The summed E-state index contributed by atoms with van der Waals surface area (Å²) in [5.74, 6) is 1.41. The zero-order chi connectivity index (χ0) is 19.9. The van der Waals surface area contributed by atoms with E-state index in [2.05, 4.69) is 27.4 Å². The zero-order valence-electron chi connectivity index (χ0n) is 16.1. The number of carbonyl (C=O) groups excluding carboxylic acids is 1. The van der Waals surface area contributed by atoms with Crippen LogP contribution in [0.25, 0.3) is 11.0 Å². The van der Waals surface area contributed by atoms with Crippen LogP contribution in [0.3, 0.4) is 0 Å². The predicted octanol–water partition coefficient (Wildman–Crippen LogP) is 3.89. The number of fused-ring (bicyclic) bond motifs is 1. The first kappa shape index (κ1) is 18.7. The second-order valence-corrected chi connectivity index (χ2v) is 6.90. The summed E-state index contributed by atoms with van der Waals surface area (Å²) >= 11 is 0. The third kappa shape index (κ3) is 5.23. The Balaban J connectivity index is 1.20. The molecule has 1 amide bonds. The summed E-state index contributed by atoms with van der Waals surface area (Å²) in [6.07, 6.45) is 1.53. The van der Waals surface area contributed by atoms with Gasteiger partial charge in [-0.2, -0.15) is 0 Å². The molecule has 4 rings (SSSR count). The van der Waals surface area contributed by atoms with E-state index in [-0.39, 0.29) is 12.5 Å². The summed E-state index contributed by atoms with van der Waals surface area (Å²) in [5, 5.41) is 2.87. The highest BCUT2D eigenvalue weighted by Gasteiger charge is 2.05. The fourth-order valence-corrected chi connectivity index (χ4v) is 3.18. The molecule has 0 fully saturated rings. The molecule has 0 aliphatic carbocycles. The minimum atomic E-state index is -0.144. The van der Waals surface area contributed by atoms with Gasteiger partial charge in [0.25, 0.3) is 5.91 Å². The van der Waals surface area contributed by atoms with E-state index in [1.54, 1.807) is 0 Å². The Labute approximate surface area is 169 Å². The number of H-pyrrole nitrogens is 1. The molecule has 0 aliphatic rings. The molecule has 1 heterocycles. The highest BCUT2D eigenvalue weighted by Crippen LogP contribution is 2.15. The lowest BCUT2D eigenvalue weighted by Crippen LogP contribution is -2.30. The van der Waals surface area contributed by atoms with Crippen molar-refractivity contribution in [1.82, 2.24) is 15.3 Å². The van der Waals surface area contributed by atoms with Crippen molar-refractivity contribution in [1.29, 1.82) is 0 Å². The van der Waals surface area contributed by atoms with Gasteiger partial charge in [0.1, 0.15) is 11.6 Å². The highest BCUT2D eigenvalue weighted by molar-refractivity contribution is 5.77. The predicted molar refractivity (Wildman–Crippen MR) is 114 cm³/mol. The number of para-hydroxylation sites is 2. The lowest BCUT2D eigenvalue weighted by atomic mass is 10.1. The van der Waals surface area contributed by atoms with Crippen molar-refractivity contribution < 1.29 is 9.53 Å². The van der Waals surface area contributed by atoms with Crippen molar-refractivity contribution in [2.75, 3.05) is 13.2 Å². The number of rotatable bonds is 8. The van der Waals surface area contributed by atoms with Crippen molar-refractivity contribution in [2.24, 2.45) is 0 Å². The van der Waals surface area contributed by atoms with Crippen LogP contribution in [-0.4, -0.2) is 29.0 Å². The molecule has 2 N–H and O–H groups in total. The van der Waals surface area contributed by atoms with Crippen LogP contribution in [-0.2, 0) is 17.6 Å². The summed E-state index contributed by atoms with van der Waals surface area (Å²) in [6.45, 7) is 0.510. The second-order valence-electron chi connectivity index (χ2n) is 6.90. The van der Waals surface area contributed by atoms with E-state index in [4.69, 9.17) is 4.74 Å². The quantitative estimate of drug-likeness (QED) is 0.484. The number of carbonyl (C=O) groups is 1. The van der Waals surface area contributed by atoms with E-state index in [1.165, 1.54) is 11.1 Å². The average Bonchev–Trinajstić information content (AvgIpc) is 3.17. The maximum atomic E-state index is 12.0. The largest absolute Gasteiger partial charge is 0.484 e. The number of hydrogen-bond donors (Lipinski definition) is 2. The first-order valence-electron chi connectivity index (χ1n) is 9.72. The molecule has 5 nitrogen and oxygen atoms in total. The molecule has 0 bridgehead atoms. The number of imidazole rings is 1. The number of amides is 1. The number of nitrogens with one attached hydrogen (secondary N) is 2. The van der Waals surface area contributed by atoms with Crippen LogP contribution in [0.2, 0.25) is 0 Å². The molecule has 0 saturated heterocycles. The van der Waals surface area contributed by atoms with E-state index >= 15 is 0 Å². The number of hydrogen-bond acceptors (Lipinski definition) is 3. The smallest absolute Gasteiger partial charge is 0.257 e. The molecule has 5 heteroatoms. The zero-order valence-corrected chi connectivity index (χ0v) is 16.1. The average molecular weight is 385 g/mol. The molecule has 0 aliphatic heterocycles. The Morgan fingerprint density at radius 3 is 2.41 bits per heavy atom. The lowest BCUT2D eigenvalue weighted by Gasteiger charge is -2.08. The molecule has 1 aromatic heterocycles. The number of ether oxygens (including phenoxy) is 1. The Morgan fingerprint density at radius 2 is 1.62 bits per heavy atom. The van der Waals surface area contributed by atoms with Gasteiger partial charge in [0.2, 0.25) is 0 Å². The lowest BCUT2D eigenvalue weighted by molar-refractivity contribution is -0.123. The van der Waals surface area contributed by atoms with E-state index in [1.807, 2.05) is 66.7 Å². The number of benzene rings is 3. The molecule has 3 aromatic carbocycles. The van der Waals surface area contributed by atoms with Crippen molar-refractivity contribution in [2.45, 2.75) is 12.8 Å². The van der Waals surface area contributed by atoms with Crippen LogP contribution >= 0.6 is 0 Å². The molecular weight excluding hydrogens is 362 g/mol. The van der Waals surface area contributed by atoms with Gasteiger partial charge in [-0.05, 0) is 41.8 Å². The summed E-state index contributed by atoms with van der Waals surface area (Å²) in [5.41, 5.74) is 4.42. The van der Waals surface area contributed by atoms with Crippen LogP contribution in [0.1, 0.15) is 17.0 Å². The number of aromatic amines is 1. The van der Waals surface area contributed by atoms with Gasteiger partial charge in [-0.15, -0.1) is 0 Å². The topological polar surface area (TPSA) is 67.0 Å². The van der Waals surface area contributed by atoms with E-state index in [0.717, 1.165) is 23.3 Å². The molecule has 146 valence electrons. The van der Waals surface area contributed by atoms with Crippen molar-refractivity contribution in [3.63, 3.8) is 0 Å². The van der Waals surface area contributed by atoms with Gasteiger partial charge in [0, 0.05) is 13.0 Å². The molecule has 0 saturated carbocycles. The van der Waals surface area contributed by atoms with Gasteiger partial charge in [0.15, 0.2) is 6.61 Å². The Morgan fingerprint density at radius 1 is 0.897 bits per heavy atom. The summed E-state index contributed by atoms with van der Waals surface area (Å²) in [4.78, 5) is 19.8. The highest BCUT2D eigenvalue weighted by atomic mass is 16.5. The summed E-state index contributed by atoms with van der Waals surface area (Å²) < 4.78 is 5.59. The second kappa shape index (κ2) is 9.06. The van der Waals surface area contributed by atoms with Crippen molar-refractivity contribution >= 4 is 16.9 Å². The maximum Gasteiger partial charge on any atom is 0.257 e. The van der Waals surface area contributed by atoms with Crippen molar-refractivity contribution in [3.05, 3.63) is 95.8 Å². The van der Waals surface area contributed by atoms with E-state index < -0.39 is 0 Å². The number of aromatic nitrogens is 2. The fourth-order valence-electron chi connectivity index (χ4n) is 3.18. The minimum absolute atomic E-state index is 0.00182. The third-order valence-electron chi connectivity index (χ3n) is 4.67.